The van der Waals surface area contributed by atoms with Crippen LogP contribution < -0.4 is 0 Å². The Hall–Kier alpha value is -0.573. The highest BCUT2D eigenvalue weighted by atomic mass is 28.3. The van der Waals surface area contributed by atoms with Crippen molar-refractivity contribution in [3.05, 3.63) is 12.7 Å². The van der Waals surface area contributed by atoms with E-state index in [-0.39, 0.29) is 12.1 Å². The molecular formula is C16H30O2Si. The average molecular weight is 282 g/mol. The Morgan fingerprint density at radius 1 is 1.42 bits per heavy atom. The Morgan fingerprint density at radius 2 is 2.00 bits per heavy atom. The van der Waals surface area contributed by atoms with Crippen LogP contribution in [-0.4, -0.2) is 20.9 Å². The first-order valence-electron chi connectivity index (χ1n) is 7.73. The molecule has 0 bridgehead atoms. The van der Waals surface area contributed by atoms with Crippen molar-refractivity contribution in [3.8, 4) is 0 Å². The molecule has 0 aromatic carbocycles. The van der Waals surface area contributed by atoms with Crippen LogP contribution in [-0.2, 0) is 9.53 Å². The summed E-state index contributed by atoms with van der Waals surface area (Å²) >= 11 is 0. The predicted molar refractivity (Wildman–Crippen MR) is 84.2 cm³/mol. The highest BCUT2D eigenvalue weighted by Crippen LogP contribution is 2.44. The molecule has 1 saturated heterocycles. The summed E-state index contributed by atoms with van der Waals surface area (Å²) in [5.74, 6) is 0.159. The fourth-order valence-electron chi connectivity index (χ4n) is 3.63. The van der Waals surface area contributed by atoms with E-state index in [1.54, 1.807) is 0 Å². The van der Waals surface area contributed by atoms with Crippen LogP contribution in [0.15, 0.2) is 12.7 Å². The zero-order chi connectivity index (χ0) is 14.5. The van der Waals surface area contributed by atoms with Crippen LogP contribution in [0.25, 0.3) is 0 Å². The summed E-state index contributed by atoms with van der Waals surface area (Å²) in [4.78, 5) is 11.4. The quantitative estimate of drug-likeness (QED) is 0.395. The number of hydrogen-bond donors (Lipinski definition) is 0. The maximum absolute atomic E-state index is 11.4. The molecule has 3 heteroatoms. The molecule has 19 heavy (non-hydrogen) atoms. The molecular weight excluding hydrogens is 252 g/mol. The van der Waals surface area contributed by atoms with Crippen LogP contribution >= 0.6 is 0 Å². The summed E-state index contributed by atoms with van der Waals surface area (Å²) < 4.78 is 5.48. The first kappa shape index (κ1) is 16.5. The van der Waals surface area contributed by atoms with Gasteiger partial charge in [-0.15, -0.1) is 0 Å². The van der Waals surface area contributed by atoms with Gasteiger partial charge in [-0.05, 0) is 23.8 Å². The summed E-state index contributed by atoms with van der Waals surface area (Å²) in [5, 5.41) is 0.490. The lowest BCUT2D eigenvalue weighted by Crippen LogP contribution is -2.32. The number of carbonyl (C=O) groups is 1. The van der Waals surface area contributed by atoms with Gasteiger partial charge in [-0.25, -0.2) is 4.79 Å². The van der Waals surface area contributed by atoms with E-state index in [9.17, 15) is 4.79 Å². The van der Waals surface area contributed by atoms with Crippen LogP contribution in [0.2, 0.25) is 17.1 Å². The molecule has 0 saturated carbocycles. The molecule has 1 fully saturated rings. The van der Waals surface area contributed by atoms with Crippen LogP contribution in [0.1, 0.15) is 53.4 Å². The van der Waals surface area contributed by atoms with Gasteiger partial charge in [0.15, 0.2) is 0 Å². The molecule has 0 aromatic rings. The van der Waals surface area contributed by atoms with Crippen molar-refractivity contribution in [1.82, 2.24) is 0 Å². The topological polar surface area (TPSA) is 26.3 Å². The molecule has 2 nitrogen and oxygen atoms in total. The van der Waals surface area contributed by atoms with E-state index in [4.69, 9.17) is 4.74 Å². The van der Waals surface area contributed by atoms with Crippen LogP contribution in [0.3, 0.4) is 0 Å². The Morgan fingerprint density at radius 3 is 2.47 bits per heavy atom. The zero-order valence-electron chi connectivity index (χ0n) is 13.1. The summed E-state index contributed by atoms with van der Waals surface area (Å²) in [7, 11) is -0.602. The van der Waals surface area contributed by atoms with E-state index in [0.717, 1.165) is 6.42 Å². The van der Waals surface area contributed by atoms with Crippen molar-refractivity contribution < 1.29 is 9.53 Å². The van der Waals surface area contributed by atoms with Crippen LogP contribution in [0, 0.1) is 5.92 Å². The molecule has 0 amide bonds. The third kappa shape index (κ3) is 4.79. The fraction of sp³-hybridized carbons (Fsp3) is 0.812. The number of esters is 1. The van der Waals surface area contributed by atoms with Crippen molar-refractivity contribution in [2.75, 3.05) is 0 Å². The summed E-state index contributed by atoms with van der Waals surface area (Å²) in [6.45, 7) is 12.7. The minimum Gasteiger partial charge on any atom is -0.459 e. The monoisotopic (exact) mass is 282 g/mol. The SMILES string of the molecule is C=CC(=O)OC(CC)C(C)CC(C)(C)[SiH]1CCCC1. The molecule has 2 unspecified atom stereocenters. The second-order valence-corrected chi connectivity index (χ2v) is 10.9. The molecule has 0 N–H and O–H groups in total. The first-order valence-corrected chi connectivity index (χ1v) is 9.94. The average Bonchev–Trinajstić information content (AvgIpc) is 2.89. The van der Waals surface area contributed by atoms with Gasteiger partial charge in [0.25, 0.3) is 0 Å². The number of hydrogen-bond acceptors (Lipinski definition) is 2. The Kier molecular flexibility index (Phi) is 6.31. The van der Waals surface area contributed by atoms with Crippen molar-refractivity contribution in [3.63, 3.8) is 0 Å². The van der Waals surface area contributed by atoms with Crippen molar-refractivity contribution in [2.45, 2.75) is 76.6 Å². The van der Waals surface area contributed by atoms with E-state index in [2.05, 4.69) is 34.3 Å². The van der Waals surface area contributed by atoms with Crippen molar-refractivity contribution in [1.29, 1.82) is 0 Å². The van der Waals surface area contributed by atoms with Gasteiger partial charge in [-0.3, -0.25) is 0 Å². The largest absolute Gasteiger partial charge is 0.459 e. The smallest absolute Gasteiger partial charge is 0.330 e. The van der Waals surface area contributed by atoms with Gasteiger partial charge in [-0.2, -0.15) is 0 Å². The van der Waals surface area contributed by atoms with Gasteiger partial charge in [0.2, 0.25) is 0 Å². The molecule has 0 spiro atoms. The predicted octanol–water partition coefficient (Wildman–Crippen LogP) is 4.32. The second kappa shape index (κ2) is 7.27. The van der Waals surface area contributed by atoms with Gasteiger partial charge in [0, 0.05) is 14.9 Å². The molecule has 0 radical (unpaired) electrons. The lowest BCUT2D eigenvalue weighted by molar-refractivity contribution is -0.145. The van der Waals surface area contributed by atoms with E-state index >= 15 is 0 Å². The number of ether oxygens (including phenoxy) is 1. The lowest BCUT2D eigenvalue weighted by atomic mass is 9.91. The van der Waals surface area contributed by atoms with Crippen molar-refractivity contribution in [2.24, 2.45) is 5.92 Å². The molecule has 1 heterocycles. The second-order valence-electron chi connectivity index (χ2n) is 6.74. The summed E-state index contributed by atoms with van der Waals surface area (Å²) in [6, 6.07) is 3.01. The standard InChI is InChI=1S/C16H30O2Si/c1-6-14(18-15(17)7-2)13(3)12-16(4,5)19-10-8-9-11-19/h7,13-14,19H,2,6,8-12H2,1,3-5H3. The molecule has 0 aromatic heterocycles. The minimum atomic E-state index is -0.602. The molecule has 0 aliphatic carbocycles. The van der Waals surface area contributed by atoms with Crippen molar-refractivity contribution >= 4 is 14.8 Å². The van der Waals surface area contributed by atoms with E-state index < -0.39 is 8.80 Å². The third-order valence-electron chi connectivity index (χ3n) is 4.78. The van der Waals surface area contributed by atoms with E-state index in [1.165, 1.54) is 37.4 Å². The third-order valence-corrected chi connectivity index (χ3v) is 9.44. The molecule has 1 rings (SSSR count). The van der Waals surface area contributed by atoms with Gasteiger partial charge >= 0.3 is 5.97 Å². The Bertz CT molecular complexity index is 306. The maximum Gasteiger partial charge on any atom is 0.330 e. The lowest BCUT2D eigenvalue weighted by Gasteiger charge is -2.35. The highest BCUT2D eigenvalue weighted by Gasteiger charge is 2.36. The molecule has 1 aliphatic heterocycles. The Balaban J connectivity index is 2.57. The van der Waals surface area contributed by atoms with E-state index in [0.29, 0.717) is 11.0 Å². The summed E-state index contributed by atoms with van der Waals surface area (Å²) in [6.07, 6.45) is 6.27. The minimum absolute atomic E-state index is 0.0418. The fourth-order valence-corrected chi connectivity index (χ4v) is 7.75. The van der Waals surface area contributed by atoms with Gasteiger partial charge in [-0.1, -0.05) is 59.2 Å². The number of carbonyl (C=O) groups excluding carboxylic acids is 1. The summed E-state index contributed by atoms with van der Waals surface area (Å²) in [5.41, 5.74) is 0. The van der Waals surface area contributed by atoms with Gasteiger partial charge < -0.3 is 4.74 Å². The normalized spacial score (nSPS) is 20.0. The maximum atomic E-state index is 11.4. The molecule has 2 atom stereocenters. The molecule has 1 aliphatic rings. The Labute approximate surface area is 120 Å². The molecule has 110 valence electrons. The van der Waals surface area contributed by atoms with Gasteiger partial charge in [0.05, 0.1) is 0 Å². The van der Waals surface area contributed by atoms with Gasteiger partial charge in [0.1, 0.15) is 6.10 Å². The zero-order valence-corrected chi connectivity index (χ0v) is 14.2. The highest BCUT2D eigenvalue weighted by molar-refractivity contribution is 6.62. The van der Waals surface area contributed by atoms with Crippen LogP contribution in [0.5, 0.6) is 0 Å². The van der Waals surface area contributed by atoms with Crippen LogP contribution in [0.4, 0.5) is 0 Å². The first-order chi connectivity index (χ1) is 8.90. The number of rotatable bonds is 7. The van der Waals surface area contributed by atoms with E-state index in [1.807, 2.05) is 0 Å².